The number of anilines is 4. The van der Waals surface area contributed by atoms with E-state index in [-0.39, 0.29) is 0 Å². The minimum atomic E-state index is 0.485. The number of nitrogens with two attached hydrogens (primary N) is 1. The van der Waals surface area contributed by atoms with E-state index in [9.17, 15) is 0 Å². The highest BCUT2D eigenvalue weighted by molar-refractivity contribution is 5.78. The minimum Gasteiger partial charge on any atom is -0.497 e. The summed E-state index contributed by atoms with van der Waals surface area (Å²) in [6.45, 7) is 2.64. The Kier molecular flexibility index (Phi) is 4.99. The van der Waals surface area contributed by atoms with Crippen LogP contribution in [0.2, 0.25) is 0 Å². The van der Waals surface area contributed by atoms with Gasteiger partial charge in [0.1, 0.15) is 17.8 Å². The van der Waals surface area contributed by atoms with Crippen LogP contribution in [0.3, 0.4) is 0 Å². The van der Waals surface area contributed by atoms with Crippen molar-refractivity contribution < 1.29 is 4.74 Å². The zero-order valence-electron chi connectivity index (χ0n) is 14.3. The summed E-state index contributed by atoms with van der Waals surface area (Å²) in [5, 5.41) is 6.51. The molecule has 4 N–H and O–H groups in total. The van der Waals surface area contributed by atoms with Crippen LogP contribution in [-0.4, -0.2) is 17.1 Å². The Morgan fingerprint density at radius 1 is 1.00 bits per heavy atom. The normalized spacial score (nSPS) is 10.3. The summed E-state index contributed by atoms with van der Waals surface area (Å²) in [7, 11) is 1.65. The Labute approximate surface area is 147 Å². The third kappa shape index (κ3) is 3.98. The smallest absolute Gasteiger partial charge is 0.159 e. The number of rotatable bonds is 6. The van der Waals surface area contributed by atoms with Crippen molar-refractivity contribution in [2.75, 3.05) is 23.5 Å². The number of benzene rings is 2. The van der Waals surface area contributed by atoms with Gasteiger partial charge in [-0.05, 0) is 36.2 Å². The fourth-order valence-corrected chi connectivity index (χ4v) is 2.41. The molecule has 0 bridgehead atoms. The van der Waals surface area contributed by atoms with Gasteiger partial charge in [0, 0.05) is 12.2 Å². The molecule has 0 aliphatic carbocycles. The molecule has 3 aromatic rings. The Hall–Kier alpha value is -3.28. The second-order valence-corrected chi connectivity index (χ2v) is 5.63. The second kappa shape index (κ2) is 7.53. The Morgan fingerprint density at radius 3 is 2.44 bits per heavy atom. The average Bonchev–Trinajstić information content (AvgIpc) is 2.64. The van der Waals surface area contributed by atoms with Crippen molar-refractivity contribution in [2.45, 2.75) is 13.5 Å². The highest BCUT2D eigenvalue weighted by Gasteiger charge is 2.09. The SMILES string of the molecule is COc1ccc(CNc2ncnc(Nc3ccccc3C)c2N)cc1. The number of methoxy groups -OCH3 is 1. The molecular weight excluding hydrogens is 314 g/mol. The molecule has 0 unspecified atom stereocenters. The molecule has 0 saturated heterocycles. The first-order valence-corrected chi connectivity index (χ1v) is 7.97. The fourth-order valence-electron chi connectivity index (χ4n) is 2.41. The van der Waals surface area contributed by atoms with Crippen molar-refractivity contribution in [1.29, 1.82) is 0 Å². The van der Waals surface area contributed by atoms with E-state index in [1.54, 1.807) is 7.11 Å². The number of para-hydroxylation sites is 1. The van der Waals surface area contributed by atoms with E-state index in [4.69, 9.17) is 10.5 Å². The van der Waals surface area contributed by atoms with E-state index in [1.807, 2.05) is 55.5 Å². The molecule has 0 atom stereocenters. The molecule has 1 aromatic heterocycles. The summed E-state index contributed by atoms with van der Waals surface area (Å²) in [6.07, 6.45) is 1.49. The molecule has 0 spiro atoms. The minimum absolute atomic E-state index is 0.485. The van der Waals surface area contributed by atoms with Gasteiger partial charge >= 0.3 is 0 Å². The van der Waals surface area contributed by atoms with Crippen molar-refractivity contribution in [2.24, 2.45) is 0 Å². The quantitative estimate of drug-likeness (QED) is 0.636. The average molecular weight is 335 g/mol. The van der Waals surface area contributed by atoms with Crippen molar-refractivity contribution in [3.8, 4) is 5.75 Å². The van der Waals surface area contributed by atoms with E-state index in [2.05, 4.69) is 20.6 Å². The molecule has 0 fully saturated rings. The van der Waals surface area contributed by atoms with Crippen LogP contribution in [0.4, 0.5) is 23.0 Å². The summed E-state index contributed by atoms with van der Waals surface area (Å²) in [5.74, 6) is 2.01. The van der Waals surface area contributed by atoms with Crippen LogP contribution in [0.1, 0.15) is 11.1 Å². The fraction of sp³-hybridized carbons (Fsp3) is 0.158. The first kappa shape index (κ1) is 16.6. The highest BCUT2D eigenvalue weighted by Crippen LogP contribution is 2.27. The lowest BCUT2D eigenvalue weighted by Crippen LogP contribution is -2.08. The highest BCUT2D eigenvalue weighted by atomic mass is 16.5. The lowest BCUT2D eigenvalue weighted by Gasteiger charge is -2.14. The van der Waals surface area contributed by atoms with Crippen LogP contribution < -0.4 is 21.1 Å². The number of nitrogen functional groups attached to an aromatic ring is 1. The van der Waals surface area contributed by atoms with Crippen molar-refractivity contribution in [1.82, 2.24) is 9.97 Å². The van der Waals surface area contributed by atoms with E-state index < -0.39 is 0 Å². The maximum absolute atomic E-state index is 6.22. The number of ether oxygens (including phenoxy) is 1. The number of nitrogens with one attached hydrogen (secondary N) is 2. The zero-order valence-corrected chi connectivity index (χ0v) is 14.3. The van der Waals surface area contributed by atoms with E-state index in [0.29, 0.717) is 23.9 Å². The standard InChI is InChI=1S/C19H21N5O/c1-13-5-3-4-6-16(13)24-19-17(20)18(22-12-23-19)21-11-14-7-9-15(25-2)10-8-14/h3-10,12H,11,20H2,1-2H3,(H2,21,22,23,24). The van der Waals surface area contributed by atoms with Gasteiger partial charge in [-0.3, -0.25) is 0 Å². The van der Waals surface area contributed by atoms with Gasteiger partial charge < -0.3 is 21.1 Å². The number of nitrogens with zero attached hydrogens (tertiary/aromatic N) is 2. The Bertz CT molecular complexity index is 849. The van der Waals surface area contributed by atoms with Gasteiger partial charge in [-0.2, -0.15) is 0 Å². The molecule has 3 rings (SSSR count). The van der Waals surface area contributed by atoms with Gasteiger partial charge in [0.25, 0.3) is 0 Å². The van der Waals surface area contributed by atoms with Crippen LogP contribution in [0, 0.1) is 6.92 Å². The third-order valence-electron chi connectivity index (χ3n) is 3.90. The lowest BCUT2D eigenvalue weighted by atomic mass is 10.2. The van der Waals surface area contributed by atoms with E-state index in [1.165, 1.54) is 6.33 Å². The summed E-state index contributed by atoms with van der Waals surface area (Å²) < 4.78 is 5.16. The Morgan fingerprint density at radius 2 is 1.72 bits per heavy atom. The number of hydrogen-bond acceptors (Lipinski definition) is 6. The van der Waals surface area contributed by atoms with Gasteiger partial charge in [-0.25, -0.2) is 9.97 Å². The van der Waals surface area contributed by atoms with Gasteiger partial charge in [0.2, 0.25) is 0 Å². The van der Waals surface area contributed by atoms with Gasteiger partial charge in [-0.1, -0.05) is 30.3 Å². The molecular formula is C19H21N5O. The molecule has 0 aliphatic heterocycles. The molecule has 2 aromatic carbocycles. The first-order chi connectivity index (χ1) is 12.2. The van der Waals surface area contributed by atoms with Crippen molar-refractivity contribution in [3.63, 3.8) is 0 Å². The van der Waals surface area contributed by atoms with Crippen LogP contribution in [0.25, 0.3) is 0 Å². The van der Waals surface area contributed by atoms with Crippen molar-refractivity contribution in [3.05, 3.63) is 66.0 Å². The molecule has 0 aliphatic rings. The second-order valence-electron chi connectivity index (χ2n) is 5.63. The molecule has 6 nitrogen and oxygen atoms in total. The van der Waals surface area contributed by atoms with Crippen LogP contribution >= 0.6 is 0 Å². The van der Waals surface area contributed by atoms with Gasteiger partial charge in [-0.15, -0.1) is 0 Å². The van der Waals surface area contributed by atoms with Gasteiger partial charge in [0.05, 0.1) is 7.11 Å². The molecule has 1 heterocycles. The molecule has 0 saturated carbocycles. The first-order valence-electron chi connectivity index (χ1n) is 7.97. The molecule has 0 radical (unpaired) electrons. The van der Waals surface area contributed by atoms with E-state index >= 15 is 0 Å². The lowest BCUT2D eigenvalue weighted by molar-refractivity contribution is 0.414. The molecule has 128 valence electrons. The largest absolute Gasteiger partial charge is 0.497 e. The predicted octanol–water partition coefficient (Wildman–Crippen LogP) is 3.73. The van der Waals surface area contributed by atoms with Crippen LogP contribution in [0.15, 0.2) is 54.9 Å². The number of aromatic nitrogens is 2. The summed E-state index contributed by atoms with van der Waals surface area (Å²) in [5.41, 5.74) is 9.90. The number of hydrogen-bond donors (Lipinski definition) is 3. The summed E-state index contributed by atoms with van der Waals surface area (Å²) in [6, 6.07) is 15.8. The van der Waals surface area contributed by atoms with Gasteiger partial charge in [0.15, 0.2) is 11.6 Å². The summed E-state index contributed by atoms with van der Waals surface area (Å²) >= 11 is 0. The maximum atomic E-state index is 6.22. The third-order valence-corrected chi connectivity index (χ3v) is 3.90. The monoisotopic (exact) mass is 335 g/mol. The zero-order chi connectivity index (χ0) is 17.6. The van der Waals surface area contributed by atoms with Crippen LogP contribution in [0.5, 0.6) is 5.75 Å². The van der Waals surface area contributed by atoms with Crippen LogP contribution in [-0.2, 0) is 6.54 Å². The topological polar surface area (TPSA) is 85.1 Å². The molecule has 0 amide bonds. The molecule has 6 heteroatoms. The maximum Gasteiger partial charge on any atom is 0.159 e. The van der Waals surface area contributed by atoms with E-state index in [0.717, 1.165) is 22.6 Å². The number of aryl methyl sites for hydroxylation is 1. The summed E-state index contributed by atoms with van der Waals surface area (Å²) in [4.78, 5) is 8.49. The van der Waals surface area contributed by atoms with Crippen molar-refractivity contribution >= 4 is 23.0 Å². The molecule has 25 heavy (non-hydrogen) atoms. The predicted molar refractivity (Wildman–Crippen MR) is 101 cm³/mol. The Balaban J connectivity index is 1.73.